The van der Waals surface area contributed by atoms with Crippen LogP contribution < -0.4 is 11.1 Å². The molecule has 1 aromatic rings. The third-order valence-electron chi connectivity index (χ3n) is 2.97. The predicted octanol–water partition coefficient (Wildman–Crippen LogP) is 1.84. The van der Waals surface area contributed by atoms with Crippen molar-refractivity contribution >= 4 is 0 Å². The third kappa shape index (κ3) is 5.31. The van der Waals surface area contributed by atoms with E-state index in [4.69, 9.17) is 10.5 Å². The molecule has 1 aromatic carbocycles. The maximum absolute atomic E-state index is 5.54. The summed E-state index contributed by atoms with van der Waals surface area (Å²) < 4.78 is 5.22. The minimum Gasteiger partial charge on any atom is -0.383 e. The fraction of sp³-hybridized carbons (Fsp3) is 0.571. The summed E-state index contributed by atoms with van der Waals surface area (Å²) in [6, 6.07) is 8.84. The molecular weight excluding hydrogens is 212 g/mol. The van der Waals surface area contributed by atoms with Gasteiger partial charge in [0.1, 0.15) is 0 Å². The number of nitrogens with two attached hydrogens (primary N) is 1. The van der Waals surface area contributed by atoms with Gasteiger partial charge < -0.3 is 15.8 Å². The second-order valence-corrected chi connectivity index (χ2v) is 4.39. The van der Waals surface area contributed by atoms with Crippen molar-refractivity contribution in [2.75, 3.05) is 20.3 Å². The van der Waals surface area contributed by atoms with Crippen LogP contribution in [0.2, 0.25) is 0 Å². The van der Waals surface area contributed by atoms with Crippen LogP contribution in [0.15, 0.2) is 24.3 Å². The van der Waals surface area contributed by atoms with E-state index in [1.165, 1.54) is 11.1 Å². The van der Waals surface area contributed by atoms with Crippen molar-refractivity contribution in [1.82, 2.24) is 5.32 Å². The van der Waals surface area contributed by atoms with Crippen molar-refractivity contribution in [2.45, 2.75) is 32.4 Å². The molecule has 3 heteroatoms. The predicted molar refractivity (Wildman–Crippen MR) is 72.0 cm³/mol. The van der Waals surface area contributed by atoms with Gasteiger partial charge in [0.15, 0.2) is 0 Å². The molecule has 0 heterocycles. The summed E-state index contributed by atoms with van der Waals surface area (Å²) in [4.78, 5) is 0. The zero-order valence-electron chi connectivity index (χ0n) is 10.9. The second kappa shape index (κ2) is 8.23. The molecule has 0 fully saturated rings. The summed E-state index contributed by atoms with van der Waals surface area (Å²) in [5.74, 6) is 0. The van der Waals surface area contributed by atoms with Crippen LogP contribution in [-0.2, 0) is 11.3 Å². The Morgan fingerprint density at radius 1 is 1.35 bits per heavy atom. The first-order valence-corrected chi connectivity index (χ1v) is 6.24. The van der Waals surface area contributed by atoms with Gasteiger partial charge in [0, 0.05) is 19.7 Å². The van der Waals surface area contributed by atoms with Crippen molar-refractivity contribution in [3.05, 3.63) is 35.4 Å². The minimum atomic E-state index is 0.392. The average molecular weight is 236 g/mol. The van der Waals surface area contributed by atoms with E-state index < -0.39 is 0 Å². The highest BCUT2D eigenvalue weighted by molar-refractivity contribution is 5.25. The standard InChI is InChI=1S/C14H24N2O/c1-12-6-3-4-7-13(12)10-16-14(11-17-2)8-5-9-15/h3-4,6-7,14,16H,5,8-11,15H2,1-2H3. The molecule has 0 aliphatic rings. The van der Waals surface area contributed by atoms with E-state index >= 15 is 0 Å². The van der Waals surface area contributed by atoms with Crippen LogP contribution in [0.5, 0.6) is 0 Å². The molecule has 0 radical (unpaired) electrons. The molecule has 3 N–H and O–H groups in total. The van der Waals surface area contributed by atoms with Gasteiger partial charge in [-0.25, -0.2) is 0 Å². The van der Waals surface area contributed by atoms with Gasteiger partial charge in [-0.2, -0.15) is 0 Å². The first-order valence-electron chi connectivity index (χ1n) is 6.24. The fourth-order valence-corrected chi connectivity index (χ4v) is 1.87. The lowest BCUT2D eigenvalue weighted by Crippen LogP contribution is -2.33. The summed E-state index contributed by atoms with van der Waals surface area (Å²) in [7, 11) is 1.74. The number of methoxy groups -OCH3 is 1. The average Bonchev–Trinajstić information content (AvgIpc) is 2.34. The number of rotatable bonds is 8. The van der Waals surface area contributed by atoms with Crippen LogP contribution >= 0.6 is 0 Å². The highest BCUT2D eigenvalue weighted by Crippen LogP contribution is 2.07. The van der Waals surface area contributed by atoms with Gasteiger partial charge in [-0.3, -0.25) is 0 Å². The molecule has 1 unspecified atom stereocenters. The highest BCUT2D eigenvalue weighted by Gasteiger charge is 2.07. The van der Waals surface area contributed by atoms with Crippen LogP contribution in [0.4, 0.5) is 0 Å². The Morgan fingerprint density at radius 3 is 2.76 bits per heavy atom. The van der Waals surface area contributed by atoms with E-state index in [0.29, 0.717) is 6.04 Å². The van der Waals surface area contributed by atoms with Crippen molar-refractivity contribution in [3.63, 3.8) is 0 Å². The first-order chi connectivity index (χ1) is 8.27. The van der Waals surface area contributed by atoms with E-state index in [-0.39, 0.29) is 0 Å². The lowest BCUT2D eigenvalue weighted by molar-refractivity contribution is 0.161. The van der Waals surface area contributed by atoms with Gasteiger partial charge in [0.2, 0.25) is 0 Å². The smallest absolute Gasteiger partial charge is 0.0615 e. The highest BCUT2D eigenvalue weighted by atomic mass is 16.5. The van der Waals surface area contributed by atoms with E-state index in [1.807, 2.05) is 0 Å². The van der Waals surface area contributed by atoms with E-state index in [9.17, 15) is 0 Å². The van der Waals surface area contributed by atoms with Crippen molar-refractivity contribution in [1.29, 1.82) is 0 Å². The molecule has 3 nitrogen and oxygen atoms in total. The third-order valence-corrected chi connectivity index (χ3v) is 2.97. The van der Waals surface area contributed by atoms with Crippen LogP contribution in [0.3, 0.4) is 0 Å². The molecule has 0 aliphatic heterocycles. The Hall–Kier alpha value is -0.900. The van der Waals surface area contributed by atoms with E-state index in [1.54, 1.807) is 7.11 Å². The molecule has 1 atom stereocenters. The number of ether oxygens (including phenoxy) is 1. The van der Waals surface area contributed by atoms with Crippen molar-refractivity contribution in [2.24, 2.45) is 5.73 Å². The number of nitrogens with one attached hydrogen (secondary N) is 1. The Labute approximate surface area is 104 Å². The lowest BCUT2D eigenvalue weighted by Gasteiger charge is -2.18. The number of aryl methyl sites for hydroxylation is 1. The fourth-order valence-electron chi connectivity index (χ4n) is 1.87. The molecule has 0 aromatic heterocycles. The molecule has 17 heavy (non-hydrogen) atoms. The molecule has 0 aliphatic carbocycles. The maximum atomic E-state index is 5.54. The monoisotopic (exact) mass is 236 g/mol. The molecule has 0 amide bonds. The molecule has 0 spiro atoms. The maximum Gasteiger partial charge on any atom is 0.0615 e. The first kappa shape index (κ1) is 14.2. The van der Waals surface area contributed by atoms with Crippen LogP contribution in [0.1, 0.15) is 24.0 Å². The van der Waals surface area contributed by atoms with Gasteiger partial charge in [-0.1, -0.05) is 24.3 Å². The van der Waals surface area contributed by atoms with E-state index in [0.717, 1.165) is 32.5 Å². The summed E-state index contributed by atoms with van der Waals surface area (Å²) in [6.45, 7) is 4.52. The Bertz CT molecular complexity index is 315. The van der Waals surface area contributed by atoms with E-state index in [2.05, 4.69) is 36.5 Å². The summed E-state index contributed by atoms with van der Waals surface area (Å²) in [5, 5.41) is 3.53. The Balaban J connectivity index is 2.42. The Morgan fingerprint density at radius 2 is 2.12 bits per heavy atom. The van der Waals surface area contributed by atoms with Crippen molar-refractivity contribution in [3.8, 4) is 0 Å². The quantitative estimate of drug-likeness (QED) is 0.724. The van der Waals surface area contributed by atoms with Gasteiger partial charge in [0.05, 0.1) is 6.61 Å². The van der Waals surface area contributed by atoms with Gasteiger partial charge >= 0.3 is 0 Å². The van der Waals surface area contributed by atoms with Crippen LogP contribution in [0.25, 0.3) is 0 Å². The molecule has 96 valence electrons. The SMILES string of the molecule is COCC(CCCN)NCc1ccccc1C. The van der Waals surface area contributed by atoms with Gasteiger partial charge in [-0.05, 0) is 37.4 Å². The molecule has 0 bridgehead atoms. The molecular formula is C14H24N2O. The normalized spacial score (nSPS) is 12.6. The molecule has 0 saturated heterocycles. The topological polar surface area (TPSA) is 47.3 Å². The number of hydrogen-bond donors (Lipinski definition) is 2. The van der Waals surface area contributed by atoms with Gasteiger partial charge in [0.25, 0.3) is 0 Å². The zero-order valence-corrected chi connectivity index (χ0v) is 10.9. The lowest BCUT2D eigenvalue weighted by atomic mass is 10.1. The summed E-state index contributed by atoms with van der Waals surface area (Å²) in [5.41, 5.74) is 8.21. The second-order valence-electron chi connectivity index (χ2n) is 4.39. The number of hydrogen-bond acceptors (Lipinski definition) is 3. The van der Waals surface area contributed by atoms with Gasteiger partial charge in [-0.15, -0.1) is 0 Å². The molecule has 0 saturated carbocycles. The van der Waals surface area contributed by atoms with Crippen LogP contribution in [-0.4, -0.2) is 26.3 Å². The summed E-state index contributed by atoms with van der Waals surface area (Å²) >= 11 is 0. The van der Waals surface area contributed by atoms with Crippen molar-refractivity contribution < 1.29 is 4.74 Å². The number of benzene rings is 1. The Kier molecular flexibility index (Phi) is 6.86. The van der Waals surface area contributed by atoms with Crippen LogP contribution in [0, 0.1) is 6.92 Å². The summed E-state index contributed by atoms with van der Waals surface area (Å²) in [6.07, 6.45) is 2.10. The largest absolute Gasteiger partial charge is 0.383 e. The minimum absolute atomic E-state index is 0.392. The zero-order chi connectivity index (χ0) is 12.5. The molecule has 1 rings (SSSR count).